The van der Waals surface area contributed by atoms with Gasteiger partial charge >= 0.3 is 23.9 Å². The normalized spacial score (nSPS) is 12.2. The summed E-state index contributed by atoms with van der Waals surface area (Å²) in [6.45, 7) is 14.0. The molecule has 2 N–H and O–H groups in total. The zero-order valence-corrected chi connectivity index (χ0v) is 47.7. The number of unbranched alkanes of at least 4 members (excludes halogenated alkanes) is 21. The summed E-state index contributed by atoms with van der Waals surface area (Å²) in [5.41, 5.74) is 0. The van der Waals surface area contributed by atoms with Crippen LogP contribution in [0.3, 0.4) is 0 Å². The Kier molecular flexibility index (Phi) is 51.9. The number of nitrogens with one attached hydrogen (secondary N) is 2. The van der Waals surface area contributed by atoms with Crippen LogP contribution >= 0.6 is 0 Å². The molecule has 0 heterocycles. The molecule has 430 valence electrons. The Bertz CT molecular complexity index is 1280. The van der Waals surface area contributed by atoms with Crippen LogP contribution in [-0.2, 0) is 57.1 Å². The highest BCUT2D eigenvalue weighted by atomic mass is 16.6. The van der Waals surface area contributed by atoms with Gasteiger partial charge in [0.25, 0.3) is 5.91 Å². The number of hydrogen-bond acceptors (Lipinski definition) is 14. The van der Waals surface area contributed by atoms with Crippen LogP contribution in [0, 0.1) is 0 Å². The van der Waals surface area contributed by atoms with Gasteiger partial charge in [-0.3, -0.25) is 24.0 Å². The predicted molar refractivity (Wildman–Crippen MR) is 293 cm³/mol. The molecule has 2 atom stereocenters. The topological polar surface area (TPSA) is 177 Å². The second kappa shape index (κ2) is 54.0. The van der Waals surface area contributed by atoms with Crippen molar-refractivity contribution in [3.8, 4) is 0 Å². The molecule has 2 unspecified atom stereocenters. The predicted octanol–water partition coefficient (Wildman–Crippen LogP) is 11.5. The number of rotatable bonds is 56. The standard InChI is InChI=1S/C58H111N3O12/c1-7-11-14-17-20-26-33-42-70-54(62)37-31-30-34-52(10-4)61(58(66)51(5)69-47-45-68-46-48-72-57(65)50-60-40-44-71-56(64)49-59-39-43-67-6)41-32-25-21-24-29-38-55(63)73-53(35-27-22-18-15-12-8-2)36-28-23-19-16-13-9-3/h51-53,59-60H,7-50H2,1-6H3. The minimum Gasteiger partial charge on any atom is -0.466 e. The van der Waals surface area contributed by atoms with Crippen molar-refractivity contribution in [1.82, 2.24) is 15.5 Å². The first-order valence-corrected chi connectivity index (χ1v) is 29.7. The van der Waals surface area contributed by atoms with Crippen LogP contribution in [0.15, 0.2) is 0 Å². The first-order chi connectivity index (χ1) is 35.6. The summed E-state index contributed by atoms with van der Waals surface area (Å²) in [7, 11) is 1.59. The van der Waals surface area contributed by atoms with E-state index in [4.69, 9.17) is 33.2 Å². The van der Waals surface area contributed by atoms with E-state index in [-0.39, 0.29) is 82.1 Å². The van der Waals surface area contributed by atoms with Gasteiger partial charge in [0, 0.05) is 45.6 Å². The van der Waals surface area contributed by atoms with Crippen molar-refractivity contribution in [1.29, 1.82) is 0 Å². The third-order valence-corrected chi connectivity index (χ3v) is 13.2. The average molecular weight is 1040 g/mol. The molecule has 0 aliphatic rings. The molecule has 0 saturated carbocycles. The van der Waals surface area contributed by atoms with Crippen molar-refractivity contribution < 1.29 is 57.1 Å². The highest BCUT2D eigenvalue weighted by Crippen LogP contribution is 2.20. The third-order valence-electron chi connectivity index (χ3n) is 13.2. The number of hydrogen-bond donors (Lipinski definition) is 2. The SMILES string of the molecule is CCCCCCCCCOC(=O)CCCCC(CC)N(CCCCCCCC(=O)OC(CCCCCCCC)CCCCCCCC)C(=O)C(C)OCCOCCOC(=O)CNCCOC(=O)CNCCOC. The van der Waals surface area contributed by atoms with Gasteiger partial charge in [-0.05, 0) is 71.1 Å². The van der Waals surface area contributed by atoms with Crippen LogP contribution in [0.5, 0.6) is 0 Å². The van der Waals surface area contributed by atoms with E-state index in [2.05, 4.69) is 38.3 Å². The molecule has 0 fully saturated rings. The molecule has 0 rings (SSSR count). The number of esters is 4. The molecule has 0 bridgehead atoms. The Balaban J connectivity index is 4.96. The second-order valence-electron chi connectivity index (χ2n) is 19.8. The van der Waals surface area contributed by atoms with Crippen LogP contribution in [0.4, 0.5) is 0 Å². The van der Waals surface area contributed by atoms with E-state index in [9.17, 15) is 24.0 Å². The van der Waals surface area contributed by atoms with Gasteiger partial charge in [-0.15, -0.1) is 0 Å². The number of carbonyl (C=O) groups is 5. The van der Waals surface area contributed by atoms with Crippen LogP contribution in [0.1, 0.15) is 240 Å². The van der Waals surface area contributed by atoms with Crippen LogP contribution < -0.4 is 10.6 Å². The van der Waals surface area contributed by atoms with E-state index in [0.717, 1.165) is 96.3 Å². The molecule has 0 aliphatic heterocycles. The van der Waals surface area contributed by atoms with Gasteiger partial charge in [-0.25, -0.2) is 0 Å². The first-order valence-electron chi connectivity index (χ1n) is 29.7. The molecule has 0 radical (unpaired) electrons. The Hall–Kier alpha value is -2.85. The van der Waals surface area contributed by atoms with E-state index in [0.29, 0.717) is 45.7 Å². The van der Waals surface area contributed by atoms with Crippen molar-refractivity contribution in [2.75, 3.05) is 86.1 Å². The Morgan fingerprint density at radius 2 is 0.918 bits per heavy atom. The molecule has 15 nitrogen and oxygen atoms in total. The molecule has 0 aromatic carbocycles. The molecule has 0 aromatic rings. The summed E-state index contributed by atoms with van der Waals surface area (Å²) in [6.07, 6.45) is 32.9. The molecule has 0 spiro atoms. The minimum atomic E-state index is -0.675. The highest BCUT2D eigenvalue weighted by Gasteiger charge is 2.27. The highest BCUT2D eigenvalue weighted by molar-refractivity contribution is 5.81. The number of nitrogens with zero attached hydrogens (tertiary/aromatic N) is 1. The molecule has 0 aliphatic carbocycles. The van der Waals surface area contributed by atoms with Crippen molar-refractivity contribution in [3.63, 3.8) is 0 Å². The van der Waals surface area contributed by atoms with Crippen molar-refractivity contribution in [3.05, 3.63) is 0 Å². The summed E-state index contributed by atoms with van der Waals surface area (Å²) in [5.74, 6) is -1.09. The summed E-state index contributed by atoms with van der Waals surface area (Å²) in [4.78, 5) is 65.2. The second-order valence-corrected chi connectivity index (χ2v) is 19.8. The number of amides is 1. The maximum absolute atomic E-state index is 14.0. The minimum absolute atomic E-state index is 0.0154. The van der Waals surface area contributed by atoms with Gasteiger partial charge in [-0.1, -0.05) is 156 Å². The third kappa shape index (κ3) is 46.2. The van der Waals surface area contributed by atoms with Crippen molar-refractivity contribution in [2.45, 2.75) is 258 Å². The first kappa shape index (κ1) is 70.1. The zero-order chi connectivity index (χ0) is 53.7. The fourth-order valence-electron chi connectivity index (χ4n) is 8.71. The Labute approximate surface area is 445 Å². The van der Waals surface area contributed by atoms with Crippen molar-refractivity contribution >= 4 is 29.8 Å². The Morgan fingerprint density at radius 1 is 0.452 bits per heavy atom. The van der Waals surface area contributed by atoms with E-state index < -0.39 is 12.1 Å². The summed E-state index contributed by atoms with van der Waals surface area (Å²) >= 11 is 0. The van der Waals surface area contributed by atoms with Gasteiger partial charge < -0.3 is 48.7 Å². The van der Waals surface area contributed by atoms with E-state index in [1.165, 1.54) is 96.3 Å². The lowest BCUT2D eigenvalue weighted by atomic mass is 10.0. The van der Waals surface area contributed by atoms with Crippen molar-refractivity contribution in [2.24, 2.45) is 0 Å². The largest absolute Gasteiger partial charge is 0.466 e. The number of methoxy groups -OCH3 is 1. The fraction of sp³-hybridized carbons (Fsp3) is 0.914. The average Bonchev–Trinajstić information content (AvgIpc) is 3.38. The van der Waals surface area contributed by atoms with Gasteiger partial charge in [0.15, 0.2) is 0 Å². The van der Waals surface area contributed by atoms with Gasteiger partial charge in [0.1, 0.15) is 25.4 Å². The maximum atomic E-state index is 14.0. The maximum Gasteiger partial charge on any atom is 0.320 e. The lowest BCUT2D eigenvalue weighted by molar-refractivity contribution is -0.150. The molecule has 0 aromatic heterocycles. The fourth-order valence-corrected chi connectivity index (χ4v) is 8.71. The lowest BCUT2D eigenvalue weighted by Gasteiger charge is -2.33. The molecule has 73 heavy (non-hydrogen) atoms. The van der Waals surface area contributed by atoms with Gasteiger partial charge in [0.05, 0.1) is 46.1 Å². The van der Waals surface area contributed by atoms with E-state index >= 15 is 0 Å². The van der Waals surface area contributed by atoms with Gasteiger partial charge in [-0.2, -0.15) is 0 Å². The Morgan fingerprint density at radius 3 is 1.51 bits per heavy atom. The molecule has 0 saturated heterocycles. The summed E-state index contributed by atoms with van der Waals surface area (Å²) < 4.78 is 38.4. The van der Waals surface area contributed by atoms with Crippen LogP contribution in [0.25, 0.3) is 0 Å². The molecular weight excluding hydrogens is 931 g/mol. The zero-order valence-electron chi connectivity index (χ0n) is 47.7. The molecular formula is C58H111N3O12. The summed E-state index contributed by atoms with van der Waals surface area (Å²) in [5, 5.41) is 5.79. The quantitative estimate of drug-likeness (QED) is 0.0334. The monoisotopic (exact) mass is 1040 g/mol. The molecule has 1 amide bonds. The number of ether oxygens (including phenoxy) is 7. The number of carbonyl (C=O) groups excluding carboxylic acids is 5. The van der Waals surface area contributed by atoms with Crippen LogP contribution in [-0.4, -0.2) is 139 Å². The lowest BCUT2D eigenvalue weighted by Crippen LogP contribution is -2.46. The van der Waals surface area contributed by atoms with E-state index in [1.54, 1.807) is 14.0 Å². The molecule has 15 heteroatoms. The summed E-state index contributed by atoms with van der Waals surface area (Å²) in [6, 6.07) is 0.0154. The van der Waals surface area contributed by atoms with E-state index in [1.807, 2.05) is 4.90 Å². The van der Waals surface area contributed by atoms with Gasteiger partial charge in [0.2, 0.25) is 0 Å². The smallest absolute Gasteiger partial charge is 0.320 e. The van der Waals surface area contributed by atoms with Crippen LogP contribution in [0.2, 0.25) is 0 Å².